The molecule has 3 heterocycles. The third-order valence-electron chi connectivity index (χ3n) is 4.09. The molecule has 0 spiro atoms. The average molecular weight is 264 g/mol. The van der Waals surface area contributed by atoms with E-state index in [1.807, 2.05) is 0 Å². The Labute approximate surface area is 115 Å². The van der Waals surface area contributed by atoms with Gasteiger partial charge in [-0.15, -0.1) is 0 Å². The largest absolute Gasteiger partial charge is 0.432 e. The highest BCUT2D eigenvalue weighted by atomic mass is 16.4. The third kappa shape index (κ3) is 2.92. The van der Waals surface area contributed by atoms with E-state index in [2.05, 4.69) is 33.9 Å². The minimum absolute atomic E-state index is 0.474. The second kappa shape index (κ2) is 5.51. The van der Waals surface area contributed by atoms with Crippen molar-refractivity contribution in [3.8, 4) is 0 Å². The molecule has 1 aromatic heterocycles. The second-order valence-corrected chi connectivity index (χ2v) is 5.94. The summed E-state index contributed by atoms with van der Waals surface area (Å²) in [6.45, 7) is 9.58. The summed E-state index contributed by atoms with van der Waals surface area (Å²) >= 11 is 0. The van der Waals surface area contributed by atoms with Gasteiger partial charge in [0, 0.05) is 38.3 Å². The molecule has 0 amide bonds. The quantitative estimate of drug-likeness (QED) is 0.892. The number of hydrogen-bond acceptors (Lipinski definition) is 5. The molecule has 1 aromatic rings. The molecule has 106 valence electrons. The van der Waals surface area contributed by atoms with Crippen molar-refractivity contribution in [2.24, 2.45) is 0 Å². The van der Waals surface area contributed by atoms with E-state index in [9.17, 15) is 0 Å². The maximum Gasteiger partial charge on any atom is 0.297 e. The summed E-state index contributed by atoms with van der Waals surface area (Å²) in [6.07, 6.45) is 4.44. The molecule has 2 saturated heterocycles. The number of oxazole rings is 1. The van der Waals surface area contributed by atoms with Crippen LogP contribution in [0.1, 0.15) is 32.4 Å². The Balaban J connectivity index is 1.59. The number of hydrogen-bond donors (Lipinski definition) is 1. The molecule has 2 aliphatic rings. The first kappa shape index (κ1) is 12.9. The van der Waals surface area contributed by atoms with Crippen LogP contribution in [0.4, 0.5) is 6.01 Å². The van der Waals surface area contributed by atoms with Crippen LogP contribution in [0.3, 0.4) is 0 Å². The molecule has 1 atom stereocenters. The molecule has 2 fully saturated rings. The fraction of sp³-hybridized carbons (Fsp3) is 0.786. The van der Waals surface area contributed by atoms with Crippen molar-refractivity contribution < 1.29 is 4.42 Å². The fourth-order valence-corrected chi connectivity index (χ4v) is 3.00. The molecule has 0 radical (unpaired) electrons. The molecule has 5 heteroatoms. The Morgan fingerprint density at radius 2 is 2.32 bits per heavy atom. The van der Waals surface area contributed by atoms with Crippen LogP contribution in [0.15, 0.2) is 10.7 Å². The van der Waals surface area contributed by atoms with Crippen LogP contribution in [0.5, 0.6) is 0 Å². The summed E-state index contributed by atoms with van der Waals surface area (Å²) in [5, 5.41) is 3.37. The van der Waals surface area contributed by atoms with Gasteiger partial charge in [-0.25, -0.2) is 0 Å². The van der Waals surface area contributed by atoms with E-state index in [1.54, 1.807) is 6.26 Å². The number of rotatable bonds is 4. The second-order valence-electron chi connectivity index (χ2n) is 5.94. The molecular formula is C14H24N4O. The standard InChI is InChI=1S/C14H24N4O/c1-11(2)15-8-12-10-19-14(16-12)18-7-6-17-5-3-4-13(17)9-18/h10-11,13,15H,3-9H2,1-2H3. The predicted octanol–water partition coefficient (Wildman–Crippen LogP) is 1.46. The molecular weight excluding hydrogens is 240 g/mol. The summed E-state index contributed by atoms with van der Waals surface area (Å²) in [7, 11) is 0. The lowest BCUT2D eigenvalue weighted by atomic mass is 10.2. The third-order valence-corrected chi connectivity index (χ3v) is 4.09. The minimum atomic E-state index is 0.474. The maximum atomic E-state index is 5.64. The molecule has 1 N–H and O–H groups in total. The molecule has 19 heavy (non-hydrogen) atoms. The van der Waals surface area contributed by atoms with Crippen LogP contribution in [0.25, 0.3) is 0 Å². The van der Waals surface area contributed by atoms with Crippen molar-refractivity contribution in [1.29, 1.82) is 0 Å². The van der Waals surface area contributed by atoms with Crippen molar-refractivity contribution in [3.63, 3.8) is 0 Å². The summed E-state index contributed by atoms with van der Waals surface area (Å²) in [5.74, 6) is 0. The Kier molecular flexibility index (Phi) is 3.75. The van der Waals surface area contributed by atoms with Crippen molar-refractivity contribution >= 4 is 6.01 Å². The lowest BCUT2D eigenvalue weighted by Crippen LogP contribution is -2.50. The minimum Gasteiger partial charge on any atom is -0.432 e. The first-order chi connectivity index (χ1) is 9.22. The lowest BCUT2D eigenvalue weighted by molar-refractivity contribution is 0.226. The molecule has 0 saturated carbocycles. The Hall–Kier alpha value is -1.07. The summed E-state index contributed by atoms with van der Waals surface area (Å²) in [4.78, 5) is 9.49. The van der Waals surface area contributed by atoms with E-state index < -0.39 is 0 Å². The van der Waals surface area contributed by atoms with Gasteiger partial charge < -0.3 is 14.6 Å². The number of nitrogens with zero attached hydrogens (tertiary/aromatic N) is 3. The first-order valence-electron chi connectivity index (χ1n) is 7.39. The first-order valence-corrected chi connectivity index (χ1v) is 7.39. The molecule has 2 aliphatic heterocycles. The van der Waals surface area contributed by atoms with Gasteiger partial charge in [-0.05, 0) is 19.4 Å². The van der Waals surface area contributed by atoms with E-state index in [0.29, 0.717) is 12.1 Å². The van der Waals surface area contributed by atoms with Gasteiger partial charge in [0.25, 0.3) is 6.01 Å². The van der Waals surface area contributed by atoms with Gasteiger partial charge in [-0.1, -0.05) is 13.8 Å². The van der Waals surface area contributed by atoms with Crippen molar-refractivity contribution in [2.45, 2.75) is 45.3 Å². The van der Waals surface area contributed by atoms with E-state index in [4.69, 9.17) is 4.42 Å². The van der Waals surface area contributed by atoms with Crippen molar-refractivity contribution in [3.05, 3.63) is 12.0 Å². The predicted molar refractivity (Wildman–Crippen MR) is 75.3 cm³/mol. The topological polar surface area (TPSA) is 44.5 Å². The van der Waals surface area contributed by atoms with Crippen LogP contribution < -0.4 is 10.2 Å². The van der Waals surface area contributed by atoms with Gasteiger partial charge in [-0.3, -0.25) is 4.90 Å². The SMILES string of the molecule is CC(C)NCc1coc(N2CCN3CCCC3C2)n1. The normalized spacial score (nSPS) is 24.2. The Bertz CT molecular complexity index is 417. The summed E-state index contributed by atoms with van der Waals surface area (Å²) in [5.41, 5.74) is 0.998. The van der Waals surface area contributed by atoms with Crippen LogP contribution >= 0.6 is 0 Å². The van der Waals surface area contributed by atoms with Crippen LogP contribution in [-0.2, 0) is 6.54 Å². The van der Waals surface area contributed by atoms with Crippen molar-refractivity contribution in [1.82, 2.24) is 15.2 Å². The van der Waals surface area contributed by atoms with Gasteiger partial charge in [0.15, 0.2) is 0 Å². The zero-order valence-electron chi connectivity index (χ0n) is 11.9. The summed E-state index contributed by atoms with van der Waals surface area (Å²) < 4.78 is 5.64. The van der Waals surface area contributed by atoms with Crippen LogP contribution in [0, 0.1) is 0 Å². The molecule has 0 bridgehead atoms. The number of anilines is 1. The number of piperazine rings is 1. The van der Waals surface area contributed by atoms with E-state index in [0.717, 1.165) is 37.9 Å². The van der Waals surface area contributed by atoms with Gasteiger partial charge in [-0.2, -0.15) is 4.98 Å². The summed E-state index contributed by atoms with van der Waals surface area (Å²) in [6, 6.07) is 1.98. The Morgan fingerprint density at radius 1 is 1.42 bits per heavy atom. The van der Waals surface area contributed by atoms with Gasteiger partial charge in [0.05, 0.1) is 5.69 Å². The van der Waals surface area contributed by atoms with E-state index in [1.165, 1.54) is 19.4 Å². The molecule has 0 aliphatic carbocycles. The zero-order chi connectivity index (χ0) is 13.2. The highest BCUT2D eigenvalue weighted by molar-refractivity contribution is 5.29. The fourth-order valence-electron chi connectivity index (χ4n) is 3.00. The smallest absolute Gasteiger partial charge is 0.297 e. The molecule has 0 aromatic carbocycles. The van der Waals surface area contributed by atoms with E-state index >= 15 is 0 Å². The van der Waals surface area contributed by atoms with Gasteiger partial charge >= 0.3 is 0 Å². The van der Waals surface area contributed by atoms with Crippen LogP contribution in [0.2, 0.25) is 0 Å². The molecule has 3 rings (SSSR count). The highest BCUT2D eigenvalue weighted by Gasteiger charge is 2.32. The number of aromatic nitrogens is 1. The zero-order valence-corrected chi connectivity index (χ0v) is 11.9. The lowest BCUT2D eigenvalue weighted by Gasteiger charge is -2.36. The van der Waals surface area contributed by atoms with Crippen molar-refractivity contribution in [2.75, 3.05) is 31.1 Å². The van der Waals surface area contributed by atoms with Gasteiger partial charge in [0.2, 0.25) is 0 Å². The average Bonchev–Trinajstić information content (AvgIpc) is 3.04. The Morgan fingerprint density at radius 3 is 3.16 bits per heavy atom. The molecule has 5 nitrogen and oxygen atoms in total. The molecule has 1 unspecified atom stereocenters. The van der Waals surface area contributed by atoms with Gasteiger partial charge in [0.1, 0.15) is 6.26 Å². The monoisotopic (exact) mass is 264 g/mol. The number of nitrogens with one attached hydrogen (secondary N) is 1. The van der Waals surface area contributed by atoms with E-state index in [-0.39, 0.29) is 0 Å². The highest BCUT2D eigenvalue weighted by Crippen LogP contribution is 2.24. The van der Waals surface area contributed by atoms with Crippen LogP contribution in [-0.4, -0.2) is 48.1 Å². The maximum absolute atomic E-state index is 5.64. The number of fused-ring (bicyclic) bond motifs is 1.